The molecular formula is C19H23BrFNOS. The normalized spacial score (nSPS) is 12.0. The largest absolute Gasteiger partial charge is 0.352 e. The molecule has 5 heteroatoms. The van der Waals surface area contributed by atoms with Crippen LogP contribution < -0.4 is 5.32 Å². The van der Waals surface area contributed by atoms with E-state index in [1.54, 1.807) is 6.08 Å². The summed E-state index contributed by atoms with van der Waals surface area (Å²) >= 11 is 4.83. The van der Waals surface area contributed by atoms with Crippen LogP contribution in [0.5, 0.6) is 0 Å². The van der Waals surface area contributed by atoms with Gasteiger partial charge in [0.25, 0.3) is 5.91 Å². The maximum atomic E-state index is 13.4. The van der Waals surface area contributed by atoms with Gasteiger partial charge in [-0.15, -0.1) is 11.8 Å². The molecule has 1 aromatic rings. The van der Waals surface area contributed by atoms with Gasteiger partial charge in [0.1, 0.15) is 5.82 Å². The van der Waals surface area contributed by atoms with E-state index in [1.807, 2.05) is 39.0 Å². The smallest absolute Gasteiger partial charge is 0.250 e. The van der Waals surface area contributed by atoms with Gasteiger partial charge in [0, 0.05) is 27.2 Å². The summed E-state index contributed by atoms with van der Waals surface area (Å²) < 4.78 is 14.1. The molecule has 0 saturated heterocycles. The maximum absolute atomic E-state index is 13.4. The number of hydrogen-bond donors (Lipinski definition) is 1. The van der Waals surface area contributed by atoms with Crippen LogP contribution in [0.4, 0.5) is 4.39 Å². The van der Waals surface area contributed by atoms with Crippen molar-refractivity contribution < 1.29 is 9.18 Å². The fourth-order valence-corrected chi connectivity index (χ4v) is 3.32. The second-order valence-electron chi connectivity index (χ2n) is 5.72. The number of amides is 1. The Balaban J connectivity index is 2.58. The monoisotopic (exact) mass is 411 g/mol. The summed E-state index contributed by atoms with van der Waals surface area (Å²) in [4.78, 5) is 12.7. The average molecular weight is 412 g/mol. The highest BCUT2D eigenvalue weighted by Crippen LogP contribution is 2.25. The van der Waals surface area contributed by atoms with Crippen molar-refractivity contribution in [3.63, 3.8) is 0 Å². The number of benzene rings is 1. The van der Waals surface area contributed by atoms with Gasteiger partial charge in [0.15, 0.2) is 0 Å². The van der Waals surface area contributed by atoms with E-state index >= 15 is 0 Å². The van der Waals surface area contributed by atoms with Crippen molar-refractivity contribution in [2.45, 2.75) is 25.7 Å². The van der Waals surface area contributed by atoms with Crippen molar-refractivity contribution in [1.82, 2.24) is 5.32 Å². The third-order valence-electron chi connectivity index (χ3n) is 3.07. The van der Waals surface area contributed by atoms with Gasteiger partial charge in [0.2, 0.25) is 0 Å². The van der Waals surface area contributed by atoms with E-state index in [-0.39, 0.29) is 11.7 Å². The van der Waals surface area contributed by atoms with Crippen LogP contribution in [0.2, 0.25) is 0 Å². The average Bonchev–Trinajstić information content (AvgIpc) is 2.51. The van der Waals surface area contributed by atoms with Crippen molar-refractivity contribution in [3.05, 3.63) is 64.4 Å². The van der Waals surface area contributed by atoms with Crippen molar-refractivity contribution in [2.24, 2.45) is 5.92 Å². The Kier molecular flexibility index (Phi) is 9.08. The zero-order chi connectivity index (χ0) is 18.1. The summed E-state index contributed by atoms with van der Waals surface area (Å²) in [6.07, 6.45) is 5.56. The summed E-state index contributed by atoms with van der Waals surface area (Å²) in [6.45, 7) is 10.4. The number of carbonyl (C=O) groups is 1. The van der Waals surface area contributed by atoms with Gasteiger partial charge in [-0.3, -0.25) is 4.79 Å². The van der Waals surface area contributed by atoms with Crippen LogP contribution in [0.3, 0.4) is 0 Å². The predicted molar refractivity (Wildman–Crippen MR) is 105 cm³/mol. The minimum atomic E-state index is -0.264. The Morgan fingerprint density at radius 2 is 2.08 bits per heavy atom. The van der Waals surface area contributed by atoms with Gasteiger partial charge in [0.05, 0.1) is 0 Å². The van der Waals surface area contributed by atoms with Gasteiger partial charge in [-0.05, 0) is 42.7 Å². The summed E-state index contributed by atoms with van der Waals surface area (Å²) in [5.74, 6) is 0.666. The highest BCUT2D eigenvalue weighted by molar-refractivity contribution is 9.10. The fraction of sp³-hybridized carbons (Fsp3) is 0.316. The standard InChI is InChI=1S/C19H23BrFNOS/c1-5-15(7-6-14(4)19(23)22-11-13(2)3)12-24-18-9-16(20)8-17(21)10-18/h5-10,13H,4,11-12H2,1-3H3,(H,22,23)/b7-6-,15-5+. The van der Waals surface area contributed by atoms with Crippen LogP contribution in [0, 0.1) is 11.7 Å². The first-order valence-corrected chi connectivity index (χ1v) is 9.49. The van der Waals surface area contributed by atoms with E-state index in [9.17, 15) is 9.18 Å². The lowest BCUT2D eigenvalue weighted by Crippen LogP contribution is -2.27. The number of carbonyl (C=O) groups excluding carboxylic acids is 1. The first-order valence-electron chi connectivity index (χ1n) is 7.71. The molecule has 130 valence electrons. The molecule has 0 bridgehead atoms. The van der Waals surface area contributed by atoms with Crippen LogP contribution >= 0.6 is 27.7 Å². The molecule has 2 nitrogen and oxygen atoms in total. The lowest BCUT2D eigenvalue weighted by molar-refractivity contribution is -0.117. The van der Waals surface area contributed by atoms with Gasteiger partial charge in [-0.25, -0.2) is 4.39 Å². The van der Waals surface area contributed by atoms with E-state index in [0.29, 0.717) is 23.8 Å². The van der Waals surface area contributed by atoms with E-state index in [0.717, 1.165) is 14.9 Å². The van der Waals surface area contributed by atoms with E-state index in [2.05, 4.69) is 27.8 Å². The molecule has 24 heavy (non-hydrogen) atoms. The van der Waals surface area contributed by atoms with Crippen molar-refractivity contribution in [2.75, 3.05) is 12.3 Å². The molecule has 1 amide bonds. The first kappa shape index (κ1) is 20.7. The van der Waals surface area contributed by atoms with Crippen LogP contribution in [0.25, 0.3) is 0 Å². The van der Waals surface area contributed by atoms with Gasteiger partial charge >= 0.3 is 0 Å². The topological polar surface area (TPSA) is 29.1 Å². The van der Waals surface area contributed by atoms with Gasteiger partial charge in [-0.1, -0.05) is 48.5 Å². The maximum Gasteiger partial charge on any atom is 0.250 e. The molecule has 0 aliphatic rings. The van der Waals surface area contributed by atoms with E-state index < -0.39 is 0 Å². The number of hydrogen-bond acceptors (Lipinski definition) is 2. The van der Waals surface area contributed by atoms with Crippen molar-refractivity contribution in [3.8, 4) is 0 Å². The Bertz CT molecular complexity index is 633. The number of nitrogens with one attached hydrogen (secondary N) is 1. The molecule has 0 saturated carbocycles. The molecule has 0 aliphatic heterocycles. The highest BCUT2D eigenvalue weighted by Gasteiger charge is 2.05. The van der Waals surface area contributed by atoms with Crippen LogP contribution in [-0.4, -0.2) is 18.2 Å². The number of rotatable bonds is 8. The minimum Gasteiger partial charge on any atom is -0.352 e. The van der Waals surface area contributed by atoms with Crippen LogP contribution in [0.1, 0.15) is 20.8 Å². The predicted octanol–water partition coefficient (Wildman–Crippen LogP) is 5.51. The molecule has 0 spiro atoms. The summed E-state index contributed by atoms with van der Waals surface area (Å²) in [7, 11) is 0. The molecule has 0 radical (unpaired) electrons. The van der Waals surface area contributed by atoms with E-state index in [1.165, 1.54) is 23.9 Å². The first-order chi connectivity index (χ1) is 11.3. The van der Waals surface area contributed by atoms with Crippen molar-refractivity contribution in [1.29, 1.82) is 0 Å². The van der Waals surface area contributed by atoms with Gasteiger partial charge < -0.3 is 5.32 Å². The third-order valence-corrected chi connectivity index (χ3v) is 4.58. The summed E-state index contributed by atoms with van der Waals surface area (Å²) in [5, 5.41) is 2.83. The number of halogens is 2. The second kappa shape index (κ2) is 10.5. The SMILES string of the molecule is C=C(/C=C\C(=C/C)CSc1cc(F)cc(Br)c1)C(=O)NCC(C)C. The Morgan fingerprint density at radius 3 is 2.67 bits per heavy atom. The Hall–Kier alpha value is -1.33. The highest BCUT2D eigenvalue weighted by atomic mass is 79.9. The third kappa shape index (κ3) is 7.97. The summed E-state index contributed by atoms with van der Waals surface area (Å²) in [5.41, 5.74) is 1.46. The molecule has 0 heterocycles. The zero-order valence-corrected chi connectivity index (χ0v) is 16.6. The zero-order valence-electron chi connectivity index (χ0n) is 14.2. The molecular weight excluding hydrogens is 389 g/mol. The van der Waals surface area contributed by atoms with Gasteiger partial charge in [-0.2, -0.15) is 0 Å². The molecule has 1 rings (SSSR count). The molecule has 0 atom stereocenters. The fourth-order valence-electron chi connectivity index (χ4n) is 1.70. The molecule has 0 aromatic heterocycles. The summed E-state index contributed by atoms with van der Waals surface area (Å²) in [6, 6.07) is 4.81. The van der Waals surface area contributed by atoms with Crippen LogP contribution in [-0.2, 0) is 4.79 Å². The molecule has 0 unspecified atom stereocenters. The van der Waals surface area contributed by atoms with Crippen LogP contribution in [0.15, 0.2) is 63.5 Å². The molecule has 0 aliphatic carbocycles. The quantitative estimate of drug-likeness (QED) is 0.347. The lowest BCUT2D eigenvalue weighted by atomic mass is 10.2. The molecule has 0 fully saturated rings. The minimum absolute atomic E-state index is 0.155. The molecule has 1 aromatic carbocycles. The van der Waals surface area contributed by atoms with E-state index in [4.69, 9.17) is 0 Å². The number of allylic oxidation sites excluding steroid dienone is 2. The second-order valence-corrected chi connectivity index (χ2v) is 7.68. The number of thioether (sulfide) groups is 1. The Morgan fingerprint density at radius 1 is 1.38 bits per heavy atom. The van der Waals surface area contributed by atoms with Crippen molar-refractivity contribution >= 4 is 33.6 Å². The Labute approximate surface area is 156 Å². The molecule has 1 N–H and O–H groups in total. The lowest BCUT2D eigenvalue weighted by Gasteiger charge is -2.07.